The minimum absolute atomic E-state index is 0.0409. The smallest absolute Gasteiger partial charge is 0.266 e. The Kier molecular flexibility index (Phi) is 7.82. The molecular formula is C28H23ClN2O2S3. The van der Waals surface area contributed by atoms with Gasteiger partial charge in [-0.15, -0.1) is 0 Å². The van der Waals surface area contributed by atoms with Gasteiger partial charge < -0.3 is 0 Å². The highest BCUT2D eigenvalue weighted by Crippen LogP contribution is 2.49. The van der Waals surface area contributed by atoms with Crippen LogP contribution in [0.3, 0.4) is 0 Å². The van der Waals surface area contributed by atoms with Crippen LogP contribution in [0.1, 0.15) is 31.2 Å². The molecule has 0 N–H and O–H groups in total. The summed E-state index contributed by atoms with van der Waals surface area (Å²) in [6, 6.07) is 23.4. The topological polar surface area (TPSA) is 40.6 Å². The Morgan fingerprint density at radius 3 is 2.47 bits per heavy atom. The number of halogens is 1. The van der Waals surface area contributed by atoms with Crippen molar-refractivity contribution >= 4 is 80.9 Å². The molecule has 3 aromatic rings. The third-order valence-electron chi connectivity index (χ3n) is 5.98. The van der Waals surface area contributed by atoms with Gasteiger partial charge in [0.05, 0.1) is 16.3 Å². The van der Waals surface area contributed by atoms with Crippen molar-refractivity contribution in [2.45, 2.75) is 35.5 Å². The molecule has 0 aliphatic carbocycles. The van der Waals surface area contributed by atoms with Crippen LogP contribution in [0.5, 0.6) is 0 Å². The van der Waals surface area contributed by atoms with E-state index in [0.717, 1.165) is 46.0 Å². The predicted molar refractivity (Wildman–Crippen MR) is 154 cm³/mol. The fourth-order valence-electron chi connectivity index (χ4n) is 4.22. The molecule has 3 aromatic carbocycles. The van der Waals surface area contributed by atoms with Crippen LogP contribution < -0.4 is 4.90 Å². The van der Waals surface area contributed by atoms with Crippen LogP contribution in [0, 0.1) is 0 Å². The first kappa shape index (κ1) is 25.1. The highest BCUT2D eigenvalue weighted by Gasteiger charge is 2.32. The van der Waals surface area contributed by atoms with Gasteiger partial charge in [0.2, 0.25) is 5.91 Å². The molecule has 0 spiro atoms. The van der Waals surface area contributed by atoms with Crippen molar-refractivity contribution in [3.05, 3.63) is 88.3 Å². The number of anilines is 2. The first-order chi connectivity index (χ1) is 17.5. The van der Waals surface area contributed by atoms with E-state index < -0.39 is 0 Å². The summed E-state index contributed by atoms with van der Waals surface area (Å²) in [5.74, 6) is 0.00325. The van der Waals surface area contributed by atoms with Crippen molar-refractivity contribution in [3.8, 4) is 0 Å². The highest BCUT2D eigenvalue weighted by atomic mass is 35.5. The average Bonchev–Trinajstić information content (AvgIpc) is 3.14. The zero-order valence-corrected chi connectivity index (χ0v) is 22.6. The Hall–Kier alpha value is -2.58. The number of hydrogen-bond acceptors (Lipinski definition) is 5. The third-order valence-corrected chi connectivity index (χ3v) is 8.72. The molecule has 0 bridgehead atoms. The second-order valence-electron chi connectivity index (χ2n) is 8.47. The molecular weight excluding hydrogens is 528 g/mol. The Morgan fingerprint density at radius 2 is 1.64 bits per heavy atom. The Bertz CT molecular complexity index is 1360. The summed E-state index contributed by atoms with van der Waals surface area (Å²) >= 11 is 14.7. The number of carbonyl (C=O) groups is 2. The van der Waals surface area contributed by atoms with Gasteiger partial charge in [-0.1, -0.05) is 96.2 Å². The maximum atomic E-state index is 13.4. The molecule has 1 fully saturated rings. The van der Waals surface area contributed by atoms with Crippen LogP contribution in [0.25, 0.3) is 6.08 Å². The number of hydrogen-bond donors (Lipinski definition) is 0. The molecule has 36 heavy (non-hydrogen) atoms. The van der Waals surface area contributed by atoms with Crippen molar-refractivity contribution < 1.29 is 9.59 Å². The lowest BCUT2D eigenvalue weighted by Crippen LogP contribution is -2.29. The molecule has 0 radical (unpaired) electrons. The van der Waals surface area contributed by atoms with Crippen LogP contribution in [0.2, 0.25) is 5.02 Å². The van der Waals surface area contributed by atoms with E-state index in [1.54, 1.807) is 21.6 Å². The van der Waals surface area contributed by atoms with Crippen molar-refractivity contribution in [1.29, 1.82) is 0 Å². The van der Waals surface area contributed by atoms with Crippen molar-refractivity contribution in [2.75, 3.05) is 11.4 Å². The minimum Gasteiger partial charge on any atom is -0.293 e. The van der Waals surface area contributed by atoms with Gasteiger partial charge in [-0.05, 0) is 54.8 Å². The molecule has 1 saturated heterocycles. The summed E-state index contributed by atoms with van der Waals surface area (Å²) in [5.41, 5.74) is 2.71. The number of carbonyl (C=O) groups excluding carboxylic acids is 2. The van der Waals surface area contributed by atoms with Gasteiger partial charge in [0.15, 0.2) is 0 Å². The fourth-order valence-corrected chi connectivity index (χ4v) is 6.74. The number of nitrogens with zero attached hydrogens (tertiary/aromatic N) is 2. The minimum atomic E-state index is -0.0409. The lowest BCUT2D eigenvalue weighted by Gasteiger charge is -2.31. The maximum Gasteiger partial charge on any atom is 0.266 e. The van der Waals surface area contributed by atoms with E-state index in [1.165, 1.54) is 11.8 Å². The summed E-state index contributed by atoms with van der Waals surface area (Å²) in [7, 11) is 0. The van der Waals surface area contributed by atoms with E-state index in [4.69, 9.17) is 23.8 Å². The first-order valence-electron chi connectivity index (χ1n) is 11.7. The van der Waals surface area contributed by atoms with Crippen molar-refractivity contribution in [3.63, 3.8) is 0 Å². The van der Waals surface area contributed by atoms with Crippen LogP contribution in [0.4, 0.5) is 11.4 Å². The third kappa shape index (κ3) is 5.39. The summed E-state index contributed by atoms with van der Waals surface area (Å²) in [5, 5.41) is 0.608. The van der Waals surface area contributed by atoms with Gasteiger partial charge in [-0.25, -0.2) is 0 Å². The van der Waals surface area contributed by atoms with E-state index in [1.807, 2.05) is 78.9 Å². The molecule has 0 atom stereocenters. The number of fused-ring (bicyclic) bond motifs is 2. The average molecular weight is 551 g/mol. The molecule has 182 valence electrons. The lowest BCUT2D eigenvalue weighted by molar-refractivity contribution is -0.122. The molecule has 2 heterocycles. The molecule has 5 rings (SSSR count). The molecule has 0 saturated carbocycles. The molecule has 2 aliphatic heterocycles. The molecule has 4 nitrogen and oxygen atoms in total. The van der Waals surface area contributed by atoms with E-state index >= 15 is 0 Å². The standard InChI is InChI=1S/C28H23ClN2O2S3/c29-20-14-15-24-22(18-20)31(21-11-6-7-12-23(21)35-24)26(32)13-5-2-8-16-30-27(33)25(36-28(30)34)17-19-9-3-1-4-10-19/h1,3-4,6-7,9-12,14-15,17-18H,2,5,8,13,16H2. The predicted octanol–water partition coefficient (Wildman–Crippen LogP) is 7.93. The Balaban J connectivity index is 1.17. The highest BCUT2D eigenvalue weighted by molar-refractivity contribution is 8.26. The number of amides is 2. The van der Waals surface area contributed by atoms with Gasteiger partial charge in [-0.2, -0.15) is 0 Å². The van der Waals surface area contributed by atoms with Crippen LogP contribution in [-0.4, -0.2) is 27.6 Å². The molecule has 0 unspecified atom stereocenters. The molecule has 8 heteroatoms. The number of thiocarbonyl (C=S) groups is 1. The Labute approximate surface area is 229 Å². The van der Waals surface area contributed by atoms with Gasteiger partial charge >= 0.3 is 0 Å². The zero-order valence-electron chi connectivity index (χ0n) is 19.4. The largest absolute Gasteiger partial charge is 0.293 e. The Morgan fingerprint density at radius 1 is 0.889 bits per heavy atom. The molecule has 0 aromatic heterocycles. The number of rotatable bonds is 7. The van der Waals surface area contributed by atoms with Gasteiger partial charge in [0, 0.05) is 27.8 Å². The number of unbranched alkanes of at least 4 members (excludes halogenated alkanes) is 2. The fraction of sp³-hybridized carbons (Fsp3) is 0.179. The number of thioether (sulfide) groups is 1. The summed E-state index contributed by atoms with van der Waals surface area (Å²) < 4.78 is 0.592. The molecule has 2 amide bonds. The van der Waals surface area contributed by atoms with Crippen molar-refractivity contribution in [2.24, 2.45) is 0 Å². The normalized spacial score (nSPS) is 15.9. The quantitative estimate of drug-likeness (QED) is 0.170. The van der Waals surface area contributed by atoms with E-state index in [2.05, 4.69) is 0 Å². The zero-order chi connectivity index (χ0) is 25.1. The van der Waals surface area contributed by atoms with E-state index in [-0.39, 0.29) is 11.8 Å². The first-order valence-corrected chi connectivity index (χ1v) is 14.1. The molecule has 2 aliphatic rings. The SMILES string of the molecule is O=C1C(=Cc2ccccc2)SC(=S)N1CCCCCC(=O)N1c2ccccc2Sc2ccc(Cl)cc21. The van der Waals surface area contributed by atoms with E-state index in [0.29, 0.717) is 27.2 Å². The van der Waals surface area contributed by atoms with Crippen LogP contribution in [-0.2, 0) is 9.59 Å². The van der Waals surface area contributed by atoms with E-state index in [9.17, 15) is 9.59 Å². The van der Waals surface area contributed by atoms with Gasteiger partial charge in [0.1, 0.15) is 4.32 Å². The van der Waals surface area contributed by atoms with Crippen LogP contribution >= 0.6 is 47.3 Å². The summed E-state index contributed by atoms with van der Waals surface area (Å²) in [4.78, 5) is 32.4. The maximum absolute atomic E-state index is 13.4. The van der Waals surface area contributed by atoms with Gasteiger partial charge in [0.25, 0.3) is 5.91 Å². The van der Waals surface area contributed by atoms with Crippen LogP contribution in [0.15, 0.2) is 87.5 Å². The summed E-state index contributed by atoms with van der Waals surface area (Å²) in [6.45, 7) is 0.562. The monoisotopic (exact) mass is 550 g/mol. The summed E-state index contributed by atoms with van der Waals surface area (Å²) in [6.07, 6.45) is 4.64. The van der Waals surface area contributed by atoms with Gasteiger partial charge in [-0.3, -0.25) is 19.4 Å². The second-order valence-corrected chi connectivity index (χ2v) is 11.7. The second kappa shape index (κ2) is 11.2. The number of para-hydroxylation sites is 1. The lowest BCUT2D eigenvalue weighted by atomic mass is 10.1. The number of benzene rings is 3. The van der Waals surface area contributed by atoms with Crippen molar-refractivity contribution in [1.82, 2.24) is 4.90 Å².